The predicted molar refractivity (Wildman–Crippen MR) is 129 cm³/mol. The zero-order valence-corrected chi connectivity index (χ0v) is 22.4. The first-order valence-corrected chi connectivity index (χ1v) is 15.7. The van der Waals surface area contributed by atoms with E-state index in [1.165, 1.54) is 44.9 Å². The minimum Gasteiger partial charge on any atom is -0.323 e. The second-order valence-electron chi connectivity index (χ2n) is 8.11. The second kappa shape index (κ2) is 15.7. The molecule has 0 atom stereocenters. The van der Waals surface area contributed by atoms with E-state index in [1.807, 2.05) is 18.8 Å². The summed E-state index contributed by atoms with van der Waals surface area (Å²) in [5.74, 6) is 0. The third-order valence-electron chi connectivity index (χ3n) is 5.01. The number of halogens is 1. The molecule has 0 saturated carbocycles. The van der Waals surface area contributed by atoms with Crippen molar-refractivity contribution in [3.63, 3.8) is 0 Å². The smallest absolute Gasteiger partial charge is 0.323 e. The van der Waals surface area contributed by atoms with Gasteiger partial charge in [-0.05, 0) is 31.7 Å². The summed E-state index contributed by atoms with van der Waals surface area (Å²) in [5.41, 5.74) is 5.11. The van der Waals surface area contributed by atoms with E-state index in [1.54, 1.807) is 0 Å². The van der Waals surface area contributed by atoms with Crippen LogP contribution in [0, 0.1) is 0 Å². The van der Waals surface area contributed by atoms with Crippen LogP contribution in [0.3, 0.4) is 0 Å². The molecule has 0 aromatic heterocycles. The summed E-state index contributed by atoms with van der Waals surface area (Å²) in [5, 5.41) is 0.271. The van der Waals surface area contributed by atoms with Crippen LogP contribution in [0.2, 0.25) is 0 Å². The highest BCUT2D eigenvalue weighted by Gasteiger charge is 2.56. The molecule has 0 aliphatic carbocycles. The SMILES string of the molecule is CCCCCCCCCCCC(C)(C)NCCC(N)(P(=O)(O)O)P(=O)(O)O.CI. The van der Waals surface area contributed by atoms with Crippen LogP contribution in [0.4, 0.5) is 0 Å². The molecule has 0 fully saturated rings. The van der Waals surface area contributed by atoms with Gasteiger partial charge in [-0.2, -0.15) is 0 Å². The number of unbranched alkanes of at least 4 members (excludes halogenated alkanes) is 8. The highest BCUT2D eigenvalue weighted by molar-refractivity contribution is 14.1. The molecule has 0 heterocycles. The van der Waals surface area contributed by atoms with Crippen molar-refractivity contribution in [3.8, 4) is 0 Å². The lowest BCUT2D eigenvalue weighted by atomic mass is 9.95. The van der Waals surface area contributed by atoms with Gasteiger partial charge in [0.25, 0.3) is 0 Å². The molecule has 7 N–H and O–H groups in total. The molecule has 0 aromatic carbocycles. The lowest BCUT2D eigenvalue weighted by Gasteiger charge is -2.33. The summed E-state index contributed by atoms with van der Waals surface area (Å²) < 4.78 is 22.9. The van der Waals surface area contributed by atoms with Gasteiger partial charge in [0.2, 0.25) is 5.02 Å². The Morgan fingerprint density at radius 3 is 1.55 bits per heavy atom. The molecule has 0 saturated heterocycles. The number of rotatable bonds is 16. The van der Waals surface area contributed by atoms with E-state index in [0.29, 0.717) is 0 Å². The molecule has 0 unspecified atom stereocenters. The van der Waals surface area contributed by atoms with E-state index in [-0.39, 0.29) is 12.1 Å². The molecule has 29 heavy (non-hydrogen) atoms. The molecule has 0 aromatic rings. The van der Waals surface area contributed by atoms with E-state index in [9.17, 15) is 28.7 Å². The average Bonchev–Trinajstić information content (AvgIpc) is 2.59. The van der Waals surface area contributed by atoms with E-state index in [0.717, 1.165) is 19.3 Å². The van der Waals surface area contributed by atoms with Gasteiger partial charge in [0.05, 0.1) is 0 Å². The van der Waals surface area contributed by atoms with Crippen molar-refractivity contribution >= 4 is 37.8 Å². The number of hydrogen-bond acceptors (Lipinski definition) is 4. The number of nitrogens with one attached hydrogen (secondary N) is 1. The Bertz CT molecular complexity index is 489. The maximum atomic E-state index is 11.5. The Morgan fingerprint density at radius 2 is 1.17 bits per heavy atom. The first kappa shape index (κ1) is 32.1. The van der Waals surface area contributed by atoms with Gasteiger partial charge in [-0.1, -0.05) is 87.3 Å². The van der Waals surface area contributed by atoms with Crippen LogP contribution in [0.5, 0.6) is 0 Å². The van der Waals surface area contributed by atoms with Gasteiger partial charge in [0.15, 0.2) is 0 Å². The van der Waals surface area contributed by atoms with Crippen LogP contribution < -0.4 is 11.1 Å². The quantitative estimate of drug-likeness (QED) is 0.0675. The minimum atomic E-state index is -5.16. The third-order valence-corrected chi connectivity index (χ3v) is 9.04. The van der Waals surface area contributed by atoms with Gasteiger partial charge in [-0.15, -0.1) is 0 Å². The molecule has 0 radical (unpaired) electrons. The van der Waals surface area contributed by atoms with Gasteiger partial charge < -0.3 is 30.6 Å². The van der Waals surface area contributed by atoms with Crippen molar-refractivity contribution in [3.05, 3.63) is 0 Å². The van der Waals surface area contributed by atoms with Gasteiger partial charge in [-0.3, -0.25) is 9.13 Å². The summed E-state index contributed by atoms with van der Waals surface area (Å²) >= 11 is 2.15. The fraction of sp³-hybridized carbons (Fsp3) is 1.00. The summed E-state index contributed by atoms with van der Waals surface area (Å²) in [6.07, 6.45) is 11.4. The summed E-state index contributed by atoms with van der Waals surface area (Å²) in [6.45, 7) is 6.15. The summed E-state index contributed by atoms with van der Waals surface area (Å²) in [7, 11) is -10.3. The average molecular weight is 572 g/mol. The van der Waals surface area contributed by atoms with E-state index in [4.69, 9.17) is 5.73 Å². The molecule has 178 valence electrons. The third kappa shape index (κ3) is 13.9. The van der Waals surface area contributed by atoms with Crippen molar-refractivity contribution < 1.29 is 28.7 Å². The molecular formula is C18H43IN2O6P2. The van der Waals surface area contributed by atoms with Crippen molar-refractivity contribution in [1.82, 2.24) is 5.32 Å². The van der Waals surface area contributed by atoms with Crippen LogP contribution in [0.1, 0.15) is 91.4 Å². The Balaban J connectivity index is 0. The zero-order valence-electron chi connectivity index (χ0n) is 18.4. The summed E-state index contributed by atoms with van der Waals surface area (Å²) in [4.78, 5) is 39.0. The molecule has 0 aliphatic rings. The molecule has 0 spiro atoms. The van der Waals surface area contributed by atoms with Crippen LogP contribution >= 0.6 is 37.8 Å². The Labute approximate surface area is 190 Å². The lowest BCUT2D eigenvalue weighted by molar-refractivity contribution is 0.290. The van der Waals surface area contributed by atoms with Gasteiger partial charge >= 0.3 is 15.2 Å². The van der Waals surface area contributed by atoms with Crippen LogP contribution in [0.25, 0.3) is 0 Å². The fourth-order valence-corrected chi connectivity index (χ4v) is 5.18. The van der Waals surface area contributed by atoms with Gasteiger partial charge in [0, 0.05) is 12.0 Å². The second-order valence-corrected chi connectivity index (χ2v) is 12.2. The first-order chi connectivity index (χ1) is 13.3. The molecule has 8 nitrogen and oxygen atoms in total. The normalized spacial score (nSPS) is 13.2. The maximum absolute atomic E-state index is 11.5. The monoisotopic (exact) mass is 572 g/mol. The van der Waals surface area contributed by atoms with Gasteiger partial charge in [-0.25, -0.2) is 0 Å². The maximum Gasteiger partial charge on any atom is 0.357 e. The van der Waals surface area contributed by atoms with E-state index in [2.05, 4.69) is 34.8 Å². The first-order valence-electron chi connectivity index (χ1n) is 10.3. The molecule has 0 rings (SSSR count). The standard InChI is InChI=1S/C17H40N2O6P2.CH3I/c1-4-5-6-7-8-9-10-11-12-13-16(2,3)19-15-14-17(18,26(20,21)22)27(23,24)25;1-2/h19H,4-15,18H2,1-3H3,(H2,20,21,22)(H2,23,24,25);1H3. The van der Waals surface area contributed by atoms with Crippen LogP contribution in [-0.2, 0) is 9.13 Å². The number of nitrogens with two attached hydrogens (primary N) is 1. The van der Waals surface area contributed by atoms with Crippen molar-refractivity contribution in [2.75, 3.05) is 11.5 Å². The summed E-state index contributed by atoms with van der Waals surface area (Å²) in [6, 6.07) is 0. The zero-order chi connectivity index (χ0) is 23.2. The Morgan fingerprint density at radius 1 is 0.793 bits per heavy atom. The molecule has 0 aliphatic heterocycles. The van der Waals surface area contributed by atoms with Crippen molar-refractivity contribution in [1.29, 1.82) is 0 Å². The highest BCUT2D eigenvalue weighted by Crippen LogP contribution is 2.67. The number of hydrogen-bond donors (Lipinski definition) is 6. The van der Waals surface area contributed by atoms with Crippen LogP contribution in [-0.4, -0.2) is 41.6 Å². The predicted octanol–water partition coefficient (Wildman–Crippen LogP) is 4.68. The van der Waals surface area contributed by atoms with E-state index < -0.39 is 26.6 Å². The molecule has 0 bridgehead atoms. The van der Waals surface area contributed by atoms with Crippen molar-refractivity contribution in [2.24, 2.45) is 5.73 Å². The lowest BCUT2D eigenvalue weighted by Crippen LogP contribution is -2.46. The number of alkyl halides is 1. The van der Waals surface area contributed by atoms with Gasteiger partial charge in [0.1, 0.15) is 0 Å². The minimum absolute atomic E-state index is 0.0111. The Kier molecular flexibility index (Phi) is 17.4. The molecule has 0 amide bonds. The Hall–Kier alpha value is 0.950. The topological polar surface area (TPSA) is 153 Å². The fourth-order valence-electron chi connectivity index (χ4n) is 3.01. The molecule has 11 heteroatoms. The highest BCUT2D eigenvalue weighted by atomic mass is 127. The van der Waals surface area contributed by atoms with Crippen LogP contribution in [0.15, 0.2) is 0 Å². The largest absolute Gasteiger partial charge is 0.357 e. The van der Waals surface area contributed by atoms with E-state index >= 15 is 0 Å². The molecular weight excluding hydrogens is 529 g/mol. The van der Waals surface area contributed by atoms with Crippen molar-refractivity contribution in [2.45, 2.75) is 102 Å².